The van der Waals surface area contributed by atoms with Gasteiger partial charge in [0.25, 0.3) is 0 Å². The quantitative estimate of drug-likeness (QED) is 0.570. The van der Waals surface area contributed by atoms with E-state index in [1.165, 1.54) is 38.5 Å². The smallest absolute Gasteiger partial charge is 0.0145 e. The topological polar surface area (TPSA) is 39.3 Å². The summed E-state index contributed by atoms with van der Waals surface area (Å²) in [6.45, 7) is 28.9. The molecule has 0 atom stereocenters. The first kappa shape index (κ1) is 25.5. The highest BCUT2D eigenvalue weighted by atomic mass is 15.3. The lowest BCUT2D eigenvalue weighted by Crippen LogP contribution is -2.71. The molecule has 0 aromatic rings. The van der Waals surface area contributed by atoms with Crippen molar-refractivity contribution in [2.24, 2.45) is 0 Å². The first-order valence-electron chi connectivity index (χ1n) is 12.8. The van der Waals surface area contributed by atoms with Crippen molar-refractivity contribution < 1.29 is 0 Å². The Hall–Kier alpha value is -0.160. The number of hydrogen-bond acceptors (Lipinski definition) is 4. The Morgan fingerprint density at radius 1 is 0.387 bits per heavy atom. The fourth-order valence-electron chi connectivity index (χ4n) is 8.33. The fraction of sp³-hybridized carbons (Fsp3) is 1.00. The second-order valence-electron chi connectivity index (χ2n) is 15.3. The SMILES string of the molecule is CC1(C)CC(N(C2CC(C)(C)NC(C)(C)C2)C2CC(C)(C)NC(C)(C)C2)CC(C)(C)N1. The first-order valence-corrected chi connectivity index (χ1v) is 12.8. The average Bonchev–Trinajstić information content (AvgIpc) is 2.35. The molecule has 0 unspecified atom stereocenters. The molecule has 3 heterocycles. The Morgan fingerprint density at radius 2 is 0.548 bits per heavy atom. The number of nitrogens with zero attached hydrogens (tertiary/aromatic N) is 1. The Balaban J connectivity index is 2.02. The van der Waals surface area contributed by atoms with Crippen molar-refractivity contribution in [1.82, 2.24) is 20.9 Å². The van der Waals surface area contributed by atoms with Crippen LogP contribution in [0.25, 0.3) is 0 Å². The predicted octanol–water partition coefficient (Wildman–Crippen LogP) is 5.22. The van der Waals surface area contributed by atoms with Gasteiger partial charge in [0.2, 0.25) is 0 Å². The van der Waals surface area contributed by atoms with Gasteiger partial charge < -0.3 is 16.0 Å². The normalized spacial score (nSPS) is 32.8. The van der Waals surface area contributed by atoms with Crippen LogP contribution in [0.4, 0.5) is 0 Å². The lowest BCUT2D eigenvalue weighted by molar-refractivity contribution is -0.0547. The summed E-state index contributed by atoms with van der Waals surface area (Å²) in [4.78, 5) is 3.05. The molecule has 3 rings (SSSR count). The molecule has 3 aliphatic heterocycles. The average molecular weight is 435 g/mol. The van der Waals surface area contributed by atoms with E-state index in [9.17, 15) is 0 Å². The van der Waals surface area contributed by atoms with E-state index in [1.807, 2.05) is 0 Å². The molecule has 0 amide bonds. The van der Waals surface area contributed by atoms with E-state index >= 15 is 0 Å². The van der Waals surface area contributed by atoms with E-state index in [-0.39, 0.29) is 33.2 Å². The van der Waals surface area contributed by atoms with Gasteiger partial charge in [0.1, 0.15) is 0 Å². The number of piperidine rings is 3. The highest BCUT2D eigenvalue weighted by molar-refractivity contribution is 5.09. The third-order valence-electron chi connectivity index (χ3n) is 7.77. The zero-order valence-corrected chi connectivity index (χ0v) is 22.9. The molecule has 4 heteroatoms. The Labute approximate surface area is 194 Å². The van der Waals surface area contributed by atoms with E-state index in [0.717, 1.165) is 0 Å². The van der Waals surface area contributed by atoms with Crippen molar-refractivity contribution in [3.8, 4) is 0 Å². The summed E-state index contributed by atoms with van der Waals surface area (Å²) in [5.74, 6) is 0. The van der Waals surface area contributed by atoms with Gasteiger partial charge >= 0.3 is 0 Å². The summed E-state index contributed by atoms with van der Waals surface area (Å²) < 4.78 is 0. The molecule has 0 spiro atoms. The first-order chi connectivity index (χ1) is 13.7. The summed E-state index contributed by atoms with van der Waals surface area (Å²) in [5.41, 5.74) is 1.00. The summed E-state index contributed by atoms with van der Waals surface area (Å²) in [6.07, 6.45) is 7.37. The second kappa shape index (κ2) is 7.68. The van der Waals surface area contributed by atoms with Crippen molar-refractivity contribution >= 4 is 0 Å². The summed E-state index contributed by atoms with van der Waals surface area (Å²) in [5, 5.41) is 11.8. The molecule has 3 N–H and O–H groups in total. The molecule has 0 aromatic carbocycles. The zero-order chi connectivity index (χ0) is 23.7. The zero-order valence-electron chi connectivity index (χ0n) is 22.9. The van der Waals surface area contributed by atoms with Crippen molar-refractivity contribution in [3.05, 3.63) is 0 Å². The summed E-state index contributed by atoms with van der Waals surface area (Å²) in [6, 6.07) is 1.86. The number of hydrogen-bond donors (Lipinski definition) is 3. The molecule has 0 bridgehead atoms. The van der Waals surface area contributed by atoms with Crippen LogP contribution in [0.3, 0.4) is 0 Å². The summed E-state index contributed by atoms with van der Waals surface area (Å²) >= 11 is 0. The van der Waals surface area contributed by atoms with Gasteiger partial charge in [0.05, 0.1) is 0 Å². The van der Waals surface area contributed by atoms with Gasteiger partial charge in [-0.05, 0) is 122 Å². The Bertz CT molecular complexity index is 520. The maximum atomic E-state index is 3.94. The molecule has 0 radical (unpaired) electrons. The minimum atomic E-state index is 0.167. The highest BCUT2D eigenvalue weighted by Crippen LogP contribution is 2.42. The lowest BCUT2D eigenvalue weighted by Gasteiger charge is -2.59. The lowest BCUT2D eigenvalue weighted by atomic mass is 9.72. The van der Waals surface area contributed by atoms with Crippen LogP contribution in [-0.2, 0) is 0 Å². The monoisotopic (exact) mass is 434 g/mol. The maximum absolute atomic E-state index is 3.94. The van der Waals surface area contributed by atoms with Crippen LogP contribution in [0.2, 0.25) is 0 Å². The third-order valence-corrected chi connectivity index (χ3v) is 7.77. The van der Waals surface area contributed by atoms with Crippen molar-refractivity contribution in [2.75, 3.05) is 0 Å². The van der Waals surface area contributed by atoms with Crippen LogP contribution < -0.4 is 16.0 Å². The van der Waals surface area contributed by atoms with Gasteiger partial charge in [-0.2, -0.15) is 0 Å². The fourth-order valence-corrected chi connectivity index (χ4v) is 8.33. The predicted molar refractivity (Wildman–Crippen MR) is 135 cm³/mol. The standard InChI is InChI=1S/C27H54N4/c1-22(2)13-19(14-23(3,4)28-22)31(20-15-24(5,6)29-25(7,8)16-20)21-17-26(9,10)30-27(11,12)18-21/h19-21,28-30H,13-18H2,1-12H3. The van der Waals surface area contributed by atoms with Gasteiger partial charge in [-0.15, -0.1) is 0 Å². The minimum Gasteiger partial charge on any atom is -0.307 e. The minimum absolute atomic E-state index is 0.167. The molecule has 3 saturated heterocycles. The molecule has 4 nitrogen and oxygen atoms in total. The second-order valence-corrected chi connectivity index (χ2v) is 15.3. The molecule has 3 fully saturated rings. The third kappa shape index (κ3) is 6.46. The van der Waals surface area contributed by atoms with Crippen LogP contribution in [0.1, 0.15) is 122 Å². The Kier molecular flexibility index (Phi) is 6.31. The molecular formula is C27H54N4. The van der Waals surface area contributed by atoms with E-state index in [0.29, 0.717) is 18.1 Å². The molecule has 3 aliphatic rings. The van der Waals surface area contributed by atoms with E-state index in [2.05, 4.69) is 104 Å². The molecule has 0 aromatic heterocycles. The maximum Gasteiger partial charge on any atom is 0.0145 e. The molecule has 0 aliphatic carbocycles. The number of nitrogens with one attached hydrogen (secondary N) is 3. The summed E-state index contributed by atoms with van der Waals surface area (Å²) in [7, 11) is 0. The van der Waals surface area contributed by atoms with E-state index in [1.54, 1.807) is 0 Å². The van der Waals surface area contributed by atoms with Gasteiger partial charge in [-0.25, -0.2) is 0 Å². The largest absolute Gasteiger partial charge is 0.307 e. The van der Waals surface area contributed by atoms with Gasteiger partial charge in [-0.3, -0.25) is 4.90 Å². The highest BCUT2D eigenvalue weighted by Gasteiger charge is 2.50. The van der Waals surface area contributed by atoms with Crippen LogP contribution in [-0.4, -0.2) is 56.3 Å². The van der Waals surface area contributed by atoms with Crippen LogP contribution in [0.5, 0.6) is 0 Å². The van der Waals surface area contributed by atoms with Gasteiger partial charge in [-0.1, -0.05) is 0 Å². The van der Waals surface area contributed by atoms with Crippen molar-refractivity contribution in [1.29, 1.82) is 0 Å². The van der Waals surface area contributed by atoms with Crippen molar-refractivity contribution in [2.45, 2.75) is 173 Å². The Morgan fingerprint density at radius 3 is 0.710 bits per heavy atom. The van der Waals surface area contributed by atoms with E-state index < -0.39 is 0 Å². The molecule has 0 saturated carbocycles. The van der Waals surface area contributed by atoms with E-state index in [4.69, 9.17) is 0 Å². The number of rotatable bonds is 3. The molecular weight excluding hydrogens is 380 g/mol. The van der Waals surface area contributed by atoms with Crippen LogP contribution >= 0.6 is 0 Å². The molecule has 31 heavy (non-hydrogen) atoms. The van der Waals surface area contributed by atoms with Gasteiger partial charge in [0.15, 0.2) is 0 Å². The molecule has 182 valence electrons. The van der Waals surface area contributed by atoms with Crippen LogP contribution in [0, 0.1) is 0 Å². The van der Waals surface area contributed by atoms with Crippen molar-refractivity contribution in [3.63, 3.8) is 0 Å². The van der Waals surface area contributed by atoms with Gasteiger partial charge in [0, 0.05) is 51.4 Å². The van der Waals surface area contributed by atoms with Crippen LogP contribution in [0.15, 0.2) is 0 Å².